The molecule has 3 rings (SSSR count). The molecular formula is C17H24N4O3. The zero-order valence-corrected chi connectivity index (χ0v) is 14.3. The second-order valence-corrected chi connectivity index (χ2v) is 6.58. The zero-order chi connectivity index (χ0) is 17.3. The van der Waals surface area contributed by atoms with Gasteiger partial charge in [-0.15, -0.1) is 0 Å². The molecule has 0 spiro atoms. The van der Waals surface area contributed by atoms with Crippen molar-refractivity contribution in [3.63, 3.8) is 0 Å². The molecule has 0 unspecified atom stereocenters. The van der Waals surface area contributed by atoms with Crippen LogP contribution in [0.5, 0.6) is 0 Å². The number of morpholine rings is 1. The van der Waals surface area contributed by atoms with Crippen molar-refractivity contribution in [2.45, 2.75) is 25.4 Å². The minimum atomic E-state index is -0.593. The summed E-state index contributed by atoms with van der Waals surface area (Å²) in [4.78, 5) is 18.8. The summed E-state index contributed by atoms with van der Waals surface area (Å²) < 4.78 is 7.48. The van der Waals surface area contributed by atoms with Crippen LogP contribution >= 0.6 is 0 Å². The fraction of sp³-hybridized carbons (Fsp3) is 0.529. The first-order chi connectivity index (χ1) is 11.5. The molecule has 0 saturated carbocycles. The number of aliphatic hydroxyl groups is 1. The molecule has 1 amide bonds. The number of imidazole rings is 1. The number of fused-ring (bicyclic) bond motifs is 1. The number of carbonyl (C=O) groups is 1. The number of aromatic nitrogens is 2. The molecule has 2 N–H and O–H groups in total. The maximum absolute atomic E-state index is 12.5. The second kappa shape index (κ2) is 6.51. The molecule has 2 aromatic heterocycles. The molecule has 130 valence electrons. The number of nitrogens with zero attached hydrogens (tertiary/aromatic N) is 3. The van der Waals surface area contributed by atoms with Crippen LogP contribution in [0.4, 0.5) is 0 Å². The van der Waals surface area contributed by atoms with Gasteiger partial charge in [0.15, 0.2) is 0 Å². The number of pyridine rings is 1. The lowest BCUT2D eigenvalue weighted by atomic mass is 9.96. The Kier molecular flexibility index (Phi) is 4.58. The number of aliphatic hydroxyl groups excluding tert-OH is 1. The first kappa shape index (κ1) is 16.9. The minimum Gasteiger partial charge on any atom is -0.394 e. The first-order valence-corrected chi connectivity index (χ1v) is 8.10. The molecule has 7 heteroatoms. The van der Waals surface area contributed by atoms with E-state index in [4.69, 9.17) is 4.74 Å². The monoisotopic (exact) mass is 332 g/mol. The van der Waals surface area contributed by atoms with Crippen LogP contribution in [0.1, 0.15) is 23.0 Å². The Morgan fingerprint density at radius 1 is 1.58 bits per heavy atom. The Hall–Kier alpha value is -1.96. The molecule has 2 atom stereocenters. The van der Waals surface area contributed by atoms with Crippen LogP contribution in [-0.4, -0.2) is 70.3 Å². The zero-order valence-electron chi connectivity index (χ0n) is 14.3. The topological polar surface area (TPSA) is 79.1 Å². The van der Waals surface area contributed by atoms with E-state index in [0.29, 0.717) is 25.3 Å². The highest BCUT2D eigenvalue weighted by molar-refractivity contribution is 5.95. The number of carbonyl (C=O) groups excluding carboxylic acids is 1. The van der Waals surface area contributed by atoms with E-state index in [9.17, 15) is 9.90 Å². The SMILES string of the molecule is Cc1ncn2ccc(C(=O)NC[C@]3(CO)COC[C@@H](C)N3C)cc12. The van der Waals surface area contributed by atoms with Gasteiger partial charge < -0.3 is 19.6 Å². The minimum absolute atomic E-state index is 0.0745. The van der Waals surface area contributed by atoms with Gasteiger partial charge in [0.25, 0.3) is 5.91 Å². The Labute approximate surface area is 141 Å². The van der Waals surface area contributed by atoms with Crippen LogP contribution in [0.2, 0.25) is 0 Å². The molecule has 0 bridgehead atoms. The van der Waals surface area contributed by atoms with Crippen LogP contribution in [0.15, 0.2) is 24.7 Å². The van der Waals surface area contributed by atoms with Crippen molar-refractivity contribution >= 4 is 11.4 Å². The van der Waals surface area contributed by atoms with E-state index in [1.165, 1.54) is 0 Å². The largest absolute Gasteiger partial charge is 0.394 e. The van der Waals surface area contributed by atoms with Gasteiger partial charge >= 0.3 is 0 Å². The van der Waals surface area contributed by atoms with Crippen molar-refractivity contribution in [3.8, 4) is 0 Å². The van der Waals surface area contributed by atoms with Crippen molar-refractivity contribution in [2.75, 3.05) is 33.4 Å². The summed E-state index contributed by atoms with van der Waals surface area (Å²) in [6.45, 7) is 5.23. The summed E-state index contributed by atoms with van der Waals surface area (Å²) in [6, 6.07) is 3.78. The van der Waals surface area contributed by atoms with Crippen molar-refractivity contribution < 1.29 is 14.6 Å². The number of hydrogen-bond donors (Lipinski definition) is 2. The number of likely N-dealkylation sites (N-methyl/N-ethyl adjacent to an activating group) is 1. The van der Waals surface area contributed by atoms with E-state index in [1.807, 2.05) is 37.6 Å². The summed E-state index contributed by atoms with van der Waals surface area (Å²) in [7, 11) is 1.96. The quantitative estimate of drug-likeness (QED) is 0.850. The Morgan fingerprint density at radius 3 is 3.12 bits per heavy atom. The summed E-state index contributed by atoms with van der Waals surface area (Å²) in [5.74, 6) is -0.169. The normalized spacial score (nSPS) is 25.1. The number of hydrogen-bond acceptors (Lipinski definition) is 5. The number of rotatable bonds is 4. The summed E-state index contributed by atoms with van der Waals surface area (Å²) >= 11 is 0. The fourth-order valence-corrected chi connectivity index (χ4v) is 3.10. The molecule has 1 aliphatic heterocycles. The van der Waals surface area contributed by atoms with Crippen molar-refractivity contribution in [2.24, 2.45) is 0 Å². The summed E-state index contributed by atoms with van der Waals surface area (Å²) in [6.07, 6.45) is 3.55. The van der Waals surface area contributed by atoms with Gasteiger partial charge in [0.1, 0.15) is 0 Å². The molecular weight excluding hydrogens is 308 g/mol. The molecule has 1 saturated heterocycles. The standard InChI is InChI=1S/C17H24N4O3/c1-12-7-24-10-17(9-22,20(12)3)8-18-16(23)14-4-5-21-11-19-13(2)15(21)6-14/h4-6,11-12,22H,7-10H2,1-3H3,(H,18,23)/t12-,17+/m1/s1. The van der Waals surface area contributed by atoms with Gasteiger partial charge in [0.2, 0.25) is 0 Å². The molecule has 0 aromatic carbocycles. The number of nitrogens with one attached hydrogen (secondary N) is 1. The first-order valence-electron chi connectivity index (χ1n) is 8.10. The Balaban J connectivity index is 1.74. The Morgan fingerprint density at radius 2 is 2.38 bits per heavy atom. The van der Waals surface area contributed by atoms with Gasteiger partial charge in [0, 0.05) is 24.3 Å². The van der Waals surface area contributed by atoms with E-state index in [-0.39, 0.29) is 18.6 Å². The molecule has 1 fully saturated rings. The smallest absolute Gasteiger partial charge is 0.251 e. The van der Waals surface area contributed by atoms with Gasteiger partial charge in [-0.25, -0.2) is 4.98 Å². The molecule has 7 nitrogen and oxygen atoms in total. The third-order valence-corrected chi connectivity index (χ3v) is 5.01. The van der Waals surface area contributed by atoms with Crippen molar-refractivity contribution in [1.82, 2.24) is 19.6 Å². The van der Waals surface area contributed by atoms with E-state index in [1.54, 1.807) is 12.4 Å². The van der Waals surface area contributed by atoms with Crippen LogP contribution < -0.4 is 5.32 Å². The van der Waals surface area contributed by atoms with Crippen molar-refractivity contribution in [3.05, 3.63) is 35.9 Å². The van der Waals surface area contributed by atoms with Gasteiger partial charge in [-0.05, 0) is 33.0 Å². The van der Waals surface area contributed by atoms with Gasteiger partial charge in [-0.1, -0.05) is 0 Å². The number of amides is 1. The summed E-state index contributed by atoms with van der Waals surface area (Å²) in [5.41, 5.74) is 1.77. The lowest BCUT2D eigenvalue weighted by Gasteiger charge is -2.47. The number of aryl methyl sites for hydroxylation is 1. The third kappa shape index (κ3) is 2.90. The third-order valence-electron chi connectivity index (χ3n) is 5.01. The fourth-order valence-electron chi connectivity index (χ4n) is 3.10. The average molecular weight is 332 g/mol. The molecule has 2 aromatic rings. The van der Waals surface area contributed by atoms with Crippen LogP contribution in [0.3, 0.4) is 0 Å². The molecule has 0 aliphatic carbocycles. The average Bonchev–Trinajstić information content (AvgIpc) is 2.97. The maximum atomic E-state index is 12.5. The Bertz CT molecular complexity index is 745. The van der Waals surface area contributed by atoms with E-state index in [0.717, 1.165) is 11.2 Å². The highest BCUT2D eigenvalue weighted by Gasteiger charge is 2.40. The van der Waals surface area contributed by atoms with Gasteiger partial charge in [-0.2, -0.15) is 0 Å². The number of ether oxygens (including phenoxy) is 1. The highest BCUT2D eigenvalue weighted by Crippen LogP contribution is 2.21. The van der Waals surface area contributed by atoms with E-state index in [2.05, 4.69) is 15.2 Å². The predicted molar refractivity (Wildman–Crippen MR) is 90.1 cm³/mol. The van der Waals surface area contributed by atoms with Gasteiger partial charge in [-0.3, -0.25) is 9.69 Å². The predicted octanol–water partition coefficient (Wildman–Crippen LogP) is 0.454. The lowest BCUT2D eigenvalue weighted by Crippen LogP contribution is -2.65. The second-order valence-electron chi connectivity index (χ2n) is 6.58. The van der Waals surface area contributed by atoms with Crippen LogP contribution in [-0.2, 0) is 4.74 Å². The molecule has 0 radical (unpaired) electrons. The molecule has 24 heavy (non-hydrogen) atoms. The van der Waals surface area contributed by atoms with E-state index < -0.39 is 5.54 Å². The van der Waals surface area contributed by atoms with Crippen molar-refractivity contribution in [1.29, 1.82) is 0 Å². The molecule has 3 heterocycles. The maximum Gasteiger partial charge on any atom is 0.251 e. The van der Waals surface area contributed by atoms with Crippen LogP contribution in [0.25, 0.3) is 5.52 Å². The molecule has 1 aliphatic rings. The highest BCUT2D eigenvalue weighted by atomic mass is 16.5. The summed E-state index contributed by atoms with van der Waals surface area (Å²) in [5, 5.41) is 12.8. The van der Waals surface area contributed by atoms with Crippen LogP contribution in [0, 0.1) is 6.92 Å². The lowest BCUT2D eigenvalue weighted by molar-refractivity contribution is -0.105. The van der Waals surface area contributed by atoms with Gasteiger partial charge in [0.05, 0.1) is 42.9 Å². The van der Waals surface area contributed by atoms with E-state index >= 15 is 0 Å².